The predicted octanol–water partition coefficient (Wildman–Crippen LogP) is 4.45. The van der Waals surface area contributed by atoms with Crippen LogP contribution in [0.1, 0.15) is 75.1 Å². The number of hydrogen-bond acceptors (Lipinski definition) is 6. The summed E-state index contributed by atoms with van der Waals surface area (Å²) in [6.07, 6.45) is 2.88. The van der Waals surface area contributed by atoms with Gasteiger partial charge in [0.25, 0.3) is 5.91 Å². The second-order valence-electron chi connectivity index (χ2n) is 13.7. The molecule has 5 rings (SSSR count). The first-order valence-corrected chi connectivity index (χ1v) is 16.4. The molecule has 1 aliphatic carbocycles. The highest BCUT2D eigenvalue weighted by molar-refractivity contribution is 5.99. The third-order valence-electron chi connectivity index (χ3n) is 8.80. The van der Waals surface area contributed by atoms with E-state index in [4.69, 9.17) is 15.5 Å². The first kappa shape index (κ1) is 33.7. The molecule has 1 atom stereocenters. The van der Waals surface area contributed by atoms with Gasteiger partial charge in [0.2, 0.25) is 11.8 Å². The van der Waals surface area contributed by atoms with Gasteiger partial charge in [-0.25, -0.2) is 9.78 Å². The molecule has 0 bridgehead atoms. The Morgan fingerprint density at radius 2 is 1.60 bits per heavy atom. The quantitative estimate of drug-likeness (QED) is 0.367. The number of piperazine rings is 1. The van der Waals surface area contributed by atoms with Gasteiger partial charge in [-0.1, -0.05) is 54.6 Å². The van der Waals surface area contributed by atoms with E-state index in [0.29, 0.717) is 5.69 Å². The zero-order valence-electron chi connectivity index (χ0n) is 28.0. The molecule has 3 aromatic rings. The number of benzene rings is 2. The summed E-state index contributed by atoms with van der Waals surface area (Å²) < 4.78 is 7.80. The number of nitrogens with zero attached hydrogens (tertiary/aromatic N) is 5. The number of aromatic nitrogens is 2. The molecule has 47 heavy (non-hydrogen) atoms. The zero-order valence-corrected chi connectivity index (χ0v) is 28.0. The van der Waals surface area contributed by atoms with Crippen molar-refractivity contribution >= 4 is 23.8 Å². The van der Waals surface area contributed by atoms with Gasteiger partial charge in [0.15, 0.2) is 5.69 Å². The normalized spacial score (nSPS) is 16.7. The van der Waals surface area contributed by atoms with Crippen molar-refractivity contribution in [1.29, 1.82) is 0 Å². The van der Waals surface area contributed by atoms with Crippen molar-refractivity contribution in [1.82, 2.24) is 24.3 Å². The van der Waals surface area contributed by atoms with E-state index in [0.717, 1.165) is 24.1 Å². The fourth-order valence-corrected chi connectivity index (χ4v) is 6.52. The van der Waals surface area contributed by atoms with Crippen LogP contribution in [0.25, 0.3) is 11.3 Å². The molecular weight excluding hydrogens is 596 g/mol. The summed E-state index contributed by atoms with van der Waals surface area (Å²) in [5, 5.41) is 0. The molecule has 1 aromatic heterocycles. The maximum Gasteiger partial charge on any atom is 0.410 e. The lowest BCUT2D eigenvalue weighted by molar-refractivity contribution is -0.135. The molecule has 0 saturated carbocycles. The molecule has 0 spiro atoms. The topological polar surface area (TPSA) is 131 Å². The maximum absolute atomic E-state index is 14.6. The second-order valence-corrected chi connectivity index (χ2v) is 13.7. The standard InChI is InChI=1S/C36H46N6O5/c1-24(2)41(31(44)16-15-30(37)43)22-29-21-39(35(46)47-36(3,4)5)17-18-40(29)34(45)32-33(25-11-7-6-8-12-25)42(23-38-32)28-19-26-13-9-10-14-27(26)20-28/h6-14,23-24,28-29H,15-22H2,1-5H3,(H2,37,43)/t29-/m0/s1. The van der Waals surface area contributed by atoms with Gasteiger partial charge in [-0.05, 0) is 58.6 Å². The van der Waals surface area contributed by atoms with Crippen LogP contribution in [-0.4, -0.2) is 91.9 Å². The number of imidazole rings is 1. The minimum absolute atomic E-state index is 0.0314. The number of nitrogens with two attached hydrogens (primary N) is 1. The summed E-state index contributed by atoms with van der Waals surface area (Å²) in [6.45, 7) is 10.0. The molecule has 2 aliphatic rings. The van der Waals surface area contributed by atoms with E-state index in [1.807, 2.05) is 65.0 Å². The van der Waals surface area contributed by atoms with Crippen LogP contribution in [0.15, 0.2) is 60.9 Å². The molecule has 2 N–H and O–H groups in total. The Morgan fingerprint density at radius 3 is 2.19 bits per heavy atom. The van der Waals surface area contributed by atoms with Crippen molar-refractivity contribution in [3.8, 4) is 11.3 Å². The number of primary amides is 1. The monoisotopic (exact) mass is 642 g/mol. The van der Waals surface area contributed by atoms with Crippen molar-refractivity contribution < 1.29 is 23.9 Å². The molecular formula is C36H46N6O5. The van der Waals surface area contributed by atoms with Crippen molar-refractivity contribution in [3.63, 3.8) is 0 Å². The number of amides is 4. The Kier molecular flexibility index (Phi) is 10.0. The average Bonchev–Trinajstić information content (AvgIpc) is 3.66. The van der Waals surface area contributed by atoms with Gasteiger partial charge in [0, 0.05) is 56.7 Å². The number of carbonyl (C=O) groups excluding carboxylic acids is 4. The molecule has 1 saturated heterocycles. The first-order valence-electron chi connectivity index (χ1n) is 16.4. The molecule has 1 fully saturated rings. The smallest absolute Gasteiger partial charge is 0.410 e. The van der Waals surface area contributed by atoms with Crippen molar-refractivity contribution in [2.45, 2.75) is 84.0 Å². The SMILES string of the molecule is CC(C)N(C[C@@H]1CN(C(=O)OC(C)(C)C)CCN1C(=O)c1ncn(C2Cc3ccccc3C2)c1-c1ccccc1)C(=O)CCC(N)=O. The van der Waals surface area contributed by atoms with Crippen molar-refractivity contribution in [3.05, 3.63) is 77.7 Å². The molecule has 2 heterocycles. The highest BCUT2D eigenvalue weighted by Crippen LogP contribution is 2.35. The summed E-state index contributed by atoms with van der Waals surface area (Å²) >= 11 is 0. The third kappa shape index (κ3) is 7.84. The van der Waals surface area contributed by atoms with Crippen LogP contribution in [0.5, 0.6) is 0 Å². The number of carbonyl (C=O) groups is 4. The molecule has 2 aromatic carbocycles. The van der Waals surface area contributed by atoms with Crippen LogP contribution in [0.2, 0.25) is 0 Å². The lowest BCUT2D eigenvalue weighted by atomic mass is 10.0. The Morgan fingerprint density at radius 1 is 0.957 bits per heavy atom. The Balaban J connectivity index is 1.49. The molecule has 250 valence electrons. The fraction of sp³-hybridized carbons (Fsp3) is 0.472. The largest absolute Gasteiger partial charge is 0.444 e. The Hall–Kier alpha value is -4.67. The van der Waals surface area contributed by atoms with Gasteiger partial charge in [-0.15, -0.1) is 0 Å². The van der Waals surface area contributed by atoms with Crippen LogP contribution in [0, 0.1) is 0 Å². The minimum Gasteiger partial charge on any atom is -0.444 e. The van der Waals surface area contributed by atoms with Gasteiger partial charge in [-0.2, -0.15) is 0 Å². The first-order chi connectivity index (χ1) is 22.3. The minimum atomic E-state index is -0.689. The Bertz CT molecular complexity index is 1590. The molecule has 4 amide bonds. The van der Waals surface area contributed by atoms with E-state index < -0.39 is 23.6 Å². The summed E-state index contributed by atoms with van der Waals surface area (Å²) in [4.78, 5) is 62.3. The summed E-state index contributed by atoms with van der Waals surface area (Å²) in [5.41, 5.74) is 9.21. The average molecular weight is 643 g/mol. The van der Waals surface area contributed by atoms with E-state index in [9.17, 15) is 19.2 Å². The number of hydrogen-bond donors (Lipinski definition) is 1. The summed E-state index contributed by atoms with van der Waals surface area (Å²) in [5.74, 6) is -1.06. The highest BCUT2D eigenvalue weighted by atomic mass is 16.6. The van der Waals surface area contributed by atoms with E-state index in [2.05, 4.69) is 28.8 Å². The summed E-state index contributed by atoms with van der Waals surface area (Å²) in [6, 6.07) is 17.6. The zero-order chi connectivity index (χ0) is 33.9. The highest BCUT2D eigenvalue weighted by Gasteiger charge is 2.39. The van der Waals surface area contributed by atoms with Crippen LogP contribution >= 0.6 is 0 Å². The van der Waals surface area contributed by atoms with E-state index >= 15 is 0 Å². The van der Waals surface area contributed by atoms with Crippen LogP contribution in [-0.2, 0) is 27.2 Å². The number of rotatable bonds is 9. The summed E-state index contributed by atoms with van der Waals surface area (Å²) in [7, 11) is 0. The van der Waals surface area contributed by atoms with Crippen LogP contribution in [0.4, 0.5) is 4.79 Å². The van der Waals surface area contributed by atoms with Gasteiger partial charge in [0.1, 0.15) is 5.60 Å². The fourth-order valence-electron chi connectivity index (χ4n) is 6.52. The second kappa shape index (κ2) is 14.0. The lowest BCUT2D eigenvalue weighted by Gasteiger charge is -2.44. The lowest BCUT2D eigenvalue weighted by Crippen LogP contribution is -2.61. The van der Waals surface area contributed by atoms with Crippen LogP contribution < -0.4 is 5.73 Å². The van der Waals surface area contributed by atoms with Crippen molar-refractivity contribution in [2.24, 2.45) is 5.73 Å². The number of ether oxygens (including phenoxy) is 1. The molecule has 0 unspecified atom stereocenters. The third-order valence-corrected chi connectivity index (χ3v) is 8.80. The number of fused-ring (bicyclic) bond motifs is 1. The molecule has 0 radical (unpaired) electrons. The van der Waals surface area contributed by atoms with Gasteiger partial charge >= 0.3 is 6.09 Å². The van der Waals surface area contributed by atoms with Crippen LogP contribution in [0.3, 0.4) is 0 Å². The molecule has 11 nitrogen and oxygen atoms in total. The van der Waals surface area contributed by atoms with Gasteiger partial charge in [0.05, 0.1) is 18.1 Å². The van der Waals surface area contributed by atoms with E-state index in [1.165, 1.54) is 11.1 Å². The van der Waals surface area contributed by atoms with E-state index in [-0.39, 0.29) is 62.9 Å². The van der Waals surface area contributed by atoms with Gasteiger partial charge < -0.3 is 29.7 Å². The molecule has 11 heteroatoms. The van der Waals surface area contributed by atoms with Gasteiger partial charge in [-0.3, -0.25) is 14.4 Å². The Labute approximate surface area is 276 Å². The van der Waals surface area contributed by atoms with E-state index in [1.54, 1.807) is 21.0 Å². The maximum atomic E-state index is 14.6. The van der Waals surface area contributed by atoms with Crippen molar-refractivity contribution in [2.75, 3.05) is 26.2 Å². The molecule has 1 aliphatic heterocycles. The predicted molar refractivity (Wildman–Crippen MR) is 178 cm³/mol.